The molecule has 11 heterocycles. The summed E-state index contributed by atoms with van der Waals surface area (Å²) in [4.78, 5) is 31.1. The van der Waals surface area contributed by atoms with Gasteiger partial charge in [0.15, 0.2) is 5.82 Å². The van der Waals surface area contributed by atoms with Gasteiger partial charge in [0, 0.05) is 129 Å². The minimum absolute atomic E-state index is 0.604. The fourth-order valence-corrected chi connectivity index (χ4v) is 22.8. The van der Waals surface area contributed by atoms with Crippen molar-refractivity contribution in [3.63, 3.8) is 0 Å². The first kappa shape index (κ1) is 78.7. The van der Waals surface area contributed by atoms with E-state index in [0.29, 0.717) is 17.7 Å². The molecule has 0 atom stereocenters. The molecule has 0 aliphatic rings. The van der Waals surface area contributed by atoms with Gasteiger partial charge < -0.3 is 22.2 Å². The Morgan fingerprint density at radius 2 is 0.536 bits per heavy atom. The van der Waals surface area contributed by atoms with Gasteiger partial charge in [-0.3, -0.25) is 9.13 Å². The lowest BCUT2D eigenvalue weighted by Crippen LogP contribution is -2.03. The minimum Gasteiger partial charge on any atom is -0.455 e. The fraction of sp³-hybridized carbons (Fsp3) is 0. The van der Waals surface area contributed by atoms with Gasteiger partial charge in [-0.1, -0.05) is 315 Å². The summed E-state index contributed by atoms with van der Waals surface area (Å²) < 4.78 is 35.5. The van der Waals surface area contributed by atoms with Gasteiger partial charge in [0.25, 0.3) is 0 Å². The highest BCUT2D eigenvalue weighted by Gasteiger charge is 2.28. The largest absolute Gasteiger partial charge is 0.455 e. The topological polar surface area (TPSA) is 145 Å². The molecular formula is C126H73N9O4S. The first-order valence-electron chi connectivity index (χ1n) is 46.9. The third kappa shape index (κ3) is 12.4. The fourth-order valence-electron chi connectivity index (χ4n) is 21.5. The van der Waals surface area contributed by atoms with Gasteiger partial charge in [-0.15, -0.1) is 11.3 Å². The lowest BCUT2D eigenvalue weighted by molar-refractivity contribution is 0.670. The molecule has 0 amide bonds. The van der Waals surface area contributed by atoms with Crippen molar-refractivity contribution < 1.29 is 17.7 Å². The molecule has 0 unspecified atom stereocenters. The third-order valence-electron chi connectivity index (χ3n) is 27.9. The summed E-state index contributed by atoms with van der Waals surface area (Å²) in [5.74, 6) is 1.95. The van der Waals surface area contributed by atoms with Crippen molar-refractivity contribution in [2.75, 3.05) is 0 Å². The average Bonchev–Trinajstić information content (AvgIpc) is 1.56. The first-order valence-corrected chi connectivity index (χ1v) is 47.7. The smallest absolute Gasteiger partial charge is 0.235 e. The van der Waals surface area contributed by atoms with Gasteiger partial charge in [0.2, 0.25) is 11.9 Å². The van der Waals surface area contributed by atoms with E-state index in [4.69, 9.17) is 47.6 Å². The molecule has 0 N–H and O–H groups in total. The maximum Gasteiger partial charge on any atom is 0.235 e. The Balaban J connectivity index is 0.000000101. The minimum atomic E-state index is 0.604. The molecule has 0 bridgehead atoms. The van der Waals surface area contributed by atoms with Crippen molar-refractivity contribution >= 4 is 217 Å². The molecule has 0 saturated carbocycles. The molecule has 13 nitrogen and oxygen atoms in total. The Kier molecular flexibility index (Phi) is 17.7. The third-order valence-corrected chi connectivity index (χ3v) is 29.1. The number of hydrogen-bond acceptors (Lipinski definition) is 11. The van der Waals surface area contributed by atoms with E-state index in [0.717, 1.165) is 242 Å². The Bertz CT molecular complexity index is 10100. The van der Waals surface area contributed by atoms with E-state index in [9.17, 15) is 0 Å². The molecule has 652 valence electrons. The van der Waals surface area contributed by atoms with Crippen molar-refractivity contribution in [1.82, 2.24) is 43.6 Å². The molecule has 20 aromatic carbocycles. The number of furan rings is 4. The van der Waals surface area contributed by atoms with E-state index in [1.54, 1.807) is 0 Å². The van der Waals surface area contributed by atoms with E-state index in [1.807, 2.05) is 121 Å². The predicted molar refractivity (Wildman–Crippen MR) is 576 cm³/mol. The zero-order valence-corrected chi connectivity index (χ0v) is 75.5. The summed E-state index contributed by atoms with van der Waals surface area (Å²) in [6, 6.07) is 154. The Morgan fingerprint density at radius 1 is 0.193 bits per heavy atom. The van der Waals surface area contributed by atoms with Crippen LogP contribution in [0.1, 0.15) is 0 Å². The lowest BCUT2D eigenvalue weighted by Gasteiger charge is -2.12. The van der Waals surface area contributed by atoms with Crippen LogP contribution in [0.4, 0.5) is 0 Å². The SMILES string of the molecule is c1ccc(-c2nc(-c3ccc(-n4c5ccccc5c5c6oc7ccccc7c6ccc54)cc3)nc3ccccc23)cc1.c1ccc(-c2nc(-n3c4cc(-c5cccc6c5oc5ccccc56)ccc4c4c5oc6ccccc6c5ccc43)nc3ccccc23)cc1.c1ccc(-c2nc(-n3c4cc(-c5cccc6c5sc5ccccc56)ccc4c4c5oc6ccccc6c5ccc43)nc3ccccc23)cc1. The van der Waals surface area contributed by atoms with Crippen LogP contribution in [0.3, 0.4) is 0 Å². The molecular weight excluding hydrogens is 1740 g/mol. The normalized spacial score (nSPS) is 12.0. The predicted octanol–water partition coefficient (Wildman–Crippen LogP) is 34.1. The number of para-hydroxylation sites is 9. The first-order chi connectivity index (χ1) is 69.4. The molecule has 0 aliphatic heterocycles. The number of rotatable bonds is 9. The molecule has 11 aromatic heterocycles. The van der Waals surface area contributed by atoms with Crippen LogP contribution in [-0.2, 0) is 0 Å². The molecule has 14 heteroatoms. The number of hydrogen-bond donors (Lipinski definition) is 0. The van der Waals surface area contributed by atoms with Crippen molar-refractivity contribution in [1.29, 1.82) is 0 Å². The quantitative estimate of drug-likeness (QED) is 0.137. The van der Waals surface area contributed by atoms with Crippen molar-refractivity contribution in [3.05, 3.63) is 443 Å². The van der Waals surface area contributed by atoms with Crippen LogP contribution in [0.5, 0.6) is 0 Å². The van der Waals surface area contributed by atoms with Crippen molar-refractivity contribution in [3.8, 4) is 85.0 Å². The maximum absolute atomic E-state index is 6.64. The van der Waals surface area contributed by atoms with Crippen LogP contribution in [0.15, 0.2) is 461 Å². The van der Waals surface area contributed by atoms with E-state index >= 15 is 0 Å². The van der Waals surface area contributed by atoms with E-state index in [2.05, 4.69) is 347 Å². The molecule has 0 saturated heterocycles. The number of benzene rings is 20. The highest BCUT2D eigenvalue weighted by molar-refractivity contribution is 7.26. The van der Waals surface area contributed by atoms with Gasteiger partial charge in [0.05, 0.1) is 82.9 Å². The summed E-state index contributed by atoms with van der Waals surface area (Å²) in [6.07, 6.45) is 0. The zero-order chi connectivity index (χ0) is 91.7. The second-order valence-corrected chi connectivity index (χ2v) is 36.7. The van der Waals surface area contributed by atoms with Crippen LogP contribution in [0, 0.1) is 0 Å². The van der Waals surface area contributed by atoms with Gasteiger partial charge in [0.1, 0.15) is 44.7 Å². The zero-order valence-electron chi connectivity index (χ0n) is 74.7. The Hall–Kier alpha value is -18.8. The average molecular weight is 1810 g/mol. The summed E-state index contributed by atoms with van der Waals surface area (Å²) in [5.41, 5.74) is 28.5. The van der Waals surface area contributed by atoms with Gasteiger partial charge in [-0.2, -0.15) is 0 Å². The molecule has 31 rings (SSSR count). The van der Waals surface area contributed by atoms with E-state index in [1.165, 1.54) is 31.1 Å². The van der Waals surface area contributed by atoms with Crippen molar-refractivity contribution in [2.24, 2.45) is 0 Å². The number of thiophene rings is 1. The second kappa shape index (κ2) is 31.4. The molecule has 0 radical (unpaired) electrons. The van der Waals surface area contributed by atoms with Gasteiger partial charge in [-0.25, -0.2) is 29.9 Å². The molecule has 140 heavy (non-hydrogen) atoms. The van der Waals surface area contributed by atoms with Crippen LogP contribution in [0.2, 0.25) is 0 Å². The molecule has 0 aliphatic carbocycles. The van der Waals surface area contributed by atoms with E-state index in [-0.39, 0.29) is 0 Å². The van der Waals surface area contributed by atoms with E-state index < -0.39 is 0 Å². The van der Waals surface area contributed by atoms with Crippen LogP contribution >= 0.6 is 11.3 Å². The molecule has 0 spiro atoms. The Morgan fingerprint density at radius 3 is 1.02 bits per heavy atom. The van der Waals surface area contributed by atoms with Gasteiger partial charge >= 0.3 is 0 Å². The summed E-state index contributed by atoms with van der Waals surface area (Å²) in [5, 5.41) is 21.1. The monoisotopic (exact) mass is 1810 g/mol. The number of aromatic nitrogens is 9. The highest BCUT2D eigenvalue weighted by atomic mass is 32.1. The van der Waals surface area contributed by atoms with Gasteiger partial charge in [-0.05, 0) is 144 Å². The summed E-state index contributed by atoms with van der Waals surface area (Å²) >= 11 is 1.85. The van der Waals surface area contributed by atoms with Crippen LogP contribution < -0.4 is 0 Å². The second-order valence-electron chi connectivity index (χ2n) is 35.7. The maximum atomic E-state index is 6.64. The number of nitrogens with zero attached hydrogens (tertiary/aromatic N) is 9. The van der Waals surface area contributed by atoms with Crippen molar-refractivity contribution in [2.45, 2.75) is 0 Å². The summed E-state index contributed by atoms with van der Waals surface area (Å²) in [6.45, 7) is 0. The summed E-state index contributed by atoms with van der Waals surface area (Å²) in [7, 11) is 0. The standard InChI is InChI=1S/C44H25N3O2.C44H25N3OS.C38H23N3O/c1-2-11-26(12-3-1)41-33-15-4-7-18-35(33)45-44(46-41)47-36-24-23-32-30-14-6-9-20-39(30)49-43(32)40(36)34-22-21-27(25-37(34)47)28-16-10-17-31-29-13-5-8-19-38(29)48-42(28)31;1-2-11-26(12-3-1)41-33-15-4-7-18-35(33)45-44(46-41)47-36-24-23-31-29-13-5-8-19-38(29)48-42(31)40(36)34-22-21-27(25-37(34)47)28-16-10-17-32-30-14-6-9-20-39(30)49-43(28)32;1-2-10-24(11-3-1)36-29-13-4-7-15-31(29)39-38(40-36)25-18-20-26(21-19-25)41-32-16-8-5-14-30(32)35-33(41)23-22-28-27-12-6-9-17-34(27)42-37(28)35/h2*1-25H;1-23H. The van der Waals surface area contributed by atoms with Crippen LogP contribution in [0.25, 0.3) is 291 Å². The molecule has 31 aromatic rings. The lowest BCUT2D eigenvalue weighted by atomic mass is 10.0. The van der Waals surface area contributed by atoms with Crippen LogP contribution in [-0.4, -0.2) is 43.6 Å². The molecule has 0 fully saturated rings. The Labute approximate surface area is 800 Å². The highest BCUT2D eigenvalue weighted by Crippen LogP contribution is 2.50. The number of fused-ring (bicyclic) bond motifs is 30.